The Labute approximate surface area is 126 Å². The molecule has 0 unspecified atom stereocenters. The summed E-state index contributed by atoms with van der Waals surface area (Å²) in [6.45, 7) is 7.68. The predicted molar refractivity (Wildman–Crippen MR) is 84.0 cm³/mol. The monoisotopic (exact) mass is 307 g/mol. The molecule has 0 bridgehead atoms. The highest BCUT2D eigenvalue weighted by molar-refractivity contribution is 7.92. The van der Waals surface area contributed by atoms with Crippen molar-refractivity contribution in [3.05, 3.63) is 41.7 Å². The van der Waals surface area contributed by atoms with Crippen LogP contribution >= 0.6 is 0 Å². The predicted octanol–water partition coefficient (Wildman–Crippen LogP) is 3.14. The lowest BCUT2D eigenvalue weighted by Crippen LogP contribution is -2.13. The number of nitrogens with one attached hydrogen (secondary N) is 1. The molecule has 0 saturated heterocycles. The lowest BCUT2D eigenvalue weighted by molar-refractivity contribution is 0.528. The van der Waals surface area contributed by atoms with Gasteiger partial charge in [0.1, 0.15) is 4.90 Å². The fraction of sp³-hybridized carbons (Fsp3) is 0.400. The van der Waals surface area contributed by atoms with Crippen LogP contribution in [0.5, 0.6) is 0 Å². The lowest BCUT2D eigenvalue weighted by atomic mass is 10.2. The van der Waals surface area contributed by atoms with E-state index in [0.717, 1.165) is 6.42 Å². The fourth-order valence-corrected chi connectivity index (χ4v) is 3.24. The Morgan fingerprint density at radius 1 is 1.24 bits per heavy atom. The van der Waals surface area contributed by atoms with E-state index in [1.807, 2.05) is 26.0 Å². The average Bonchev–Trinajstić information content (AvgIpc) is 2.82. The van der Waals surface area contributed by atoms with Gasteiger partial charge in [-0.2, -0.15) is 5.10 Å². The molecule has 1 aromatic heterocycles. The maximum absolute atomic E-state index is 12.4. The van der Waals surface area contributed by atoms with Gasteiger partial charge in [0.15, 0.2) is 0 Å². The topological polar surface area (TPSA) is 64.0 Å². The Hall–Kier alpha value is -1.82. The molecule has 0 aliphatic carbocycles. The van der Waals surface area contributed by atoms with Gasteiger partial charge in [-0.3, -0.25) is 9.40 Å². The molecule has 5 nitrogen and oxygen atoms in total. The molecule has 0 fully saturated rings. The van der Waals surface area contributed by atoms with Crippen molar-refractivity contribution in [1.82, 2.24) is 9.78 Å². The van der Waals surface area contributed by atoms with E-state index in [1.165, 1.54) is 5.56 Å². The lowest BCUT2D eigenvalue weighted by Gasteiger charge is -2.07. The summed E-state index contributed by atoms with van der Waals surface area (Å²) in [7, 11) is -3.61. The number of nitrogens with zero attached hydrogens (tertiary/aromatic N) is 2. The molecule has 0 saturated carbocycles. The van der Waals surface area contributed by atoms with Crippen LogP contribution < -0.4 is 4.72 Å². The highest BCUT2D eigenvalue weighted by atomic mass is 32.2. The quantitative estimate of drug-likeness (QED) is 0.923. The van der Waals surface area contributed by atoms with E-state index >= 15 is 0 Å². The van der Waals surface area contributed by atoms with E-state index in [1.54, 1.807) is 29.9 Å². The van der Waals surface area contributed by atoms with E-state index in [-0.39, 0.29) is 10.9 Å². The Kier molecular flexibility index (Phi) is 4.37. The summed E-state index contributed by atoms with van der Waals surface area (Å²) >= 11 is 0. The molecule has 0 spiro atoms. The van der Waals surface area contributed by atoms with Gasteiger partial charge in [-0.25, -0.2) is 8.42 Å². The highest BCUT2D eigenvalue weighted by Crippen LogP contribution is 2.20. The van der Waals surface area contributed by atoms with Crippen LogP contribution in [-0.4, -0.2) is 18.2 Å². The van der Waals surface area contributed by atoms with Crippen molar-refractivity contribution in [2.24, 2.45) is 0 Å². The van der Waals surface area contributed by atoms with Crippen LogP contribution in [0, 0.1) is 6.92 Å². The molecule has 21 heavy (non-hydrogen) atoms. The molecule has 1 aromatic carbocycles. The summed E-state index contributed by atoms with van der Waals surface area (Å²) in [6.07, 6.45) is 2.50. The largest absolute Gasteiger partial charge is 0.280 e. The summed E-state index contributed by atoms with van der Waals surface area (Å²) in [5.74, 6) is 0. The molecule has 1 N–H and O–H groups in total. The van der Waals surface area contributed by atoms with E-state index < -0.39 is 10.0 Å². The Morgan fingerprint density at radius 2 is 1.86 bits per heavy atom. The second-order valence-electron chi connectivity index (χ2n) is 5.31. The Morgan fingerprint density at radius 3 is 2.33 bits per heavy atom. The van der Waals surface area contributed by atoms with Crippen molar-refractivity contribution < 1.29 is 8.42 Å². The van der Waals surface area contributed by atoms with Crippen LogP contribution in [0.4, 0.5) is 5.69 Å². The summed E-state index contributed by atoms with van der Waals surface area (Å²) in [5.41, 5.74) is 2.23. The zero-order valence-corrected chi connectivity index (χ0v) is 13.6. The Bertz CT molecular complexity index is 716. The van der Waals surface area contributed by atoms with E-state index in [9.17, 15) is 8.42 Å². The molecule has 0 aliphatic rings. The van der Waals surface area contributed by atoms with Crippen molar-refractivity contribution in [1.29, 1.82) is 0 Å². The molecule has 114 valence electrons. The van der Waals surface area contributed by atoms with Crippen LogP contribution in [0.3, 0.4) is 0 Å². The smallest absolute Gasteiger partial charge is 0.265 e. The average molecular weight is 307 g/mol. The van der Waals surface area contributed by atoms with Gasteiger partial charge in [-0.15, -0.1) is 0 Å². The van der Waals surface area contributed by atoms with Crippen molar-refractivity contribution in [3.8, 4) is 0 Å². The normalized spacial score (nSPS) is 11.9. The summed E-state index contributed by atoms with van der Waals surface area (Å²) < 4.78 is 29.2. The van der Waals surface area contributed by atoms with Gasteiger partial charge >= 0.3 is 0 Å². The standard InChI is InChI=1S/C15H21N3O2S/c1-5-13-6-8-14(9-7-13)17-21(19,20)15-10-18(11(2)3)16-12(15)4/h6-11,17H,5H2,1-4H3. The summed E-state index contributed by atoms with van der Waals surface area (Å²) in [4.78, 5) is 0.218. The number of aromatic nitrogens is 2. The van der Waals surface area contributed by atoms with Crippen molar-refractivity contribution in [2.45, 2.75) is 45.1 Å². The first-order valence-electron chi connectivity index (χ1n) is 7.01. The maximum Gasteiger partial charge on any atom is 0.265 e. The van der Waals surface area contributed by atoms with Gasteiger partial charge in [0.25, 0.3) is 10.0 Å². The van der Waals surface area contributed by atoms with Gasteiger partial charge < -0.3 is 0 Å². The number of benzene rings is 1. The first-order valence-corrected chi connectivity index (χ1v) is 8.49. The molecule has 2 rings (SSSR count). The third-order valence-corrected chi connectivity index (χ3v) is 4.79. The van der Waals surface area contributed by atoms with Gasteiger partial charge in [0.2, 0.25) is 0 Å². The molecular formula is C15H21N3O2S. The van der Waals surface area contributed by atoms with Gasteiger partial charge in [-0.05, 0) is 44.9 Å². The minimum absolute atomic E-state index is 0.122. The van der Waals surface area contributed by atoms with Gasteiger partial charge in [-0.1, -0.05) is 19.1 Å². The molecule has 0 amide bonds. The number of hydrogen-bond donors (Lipinski definition) is 1. The minimum atomic E-state index is -3.61. The third kappa shape index (κ3) is 3.44. The van der Waals surface area contributed by atoms with Crippen molar-refractivity contribution >= 4 is 15.7 Å². The number of hydrogen-bond acceptors (Lipinski definition) is 3. The van der Waals surface area contributed by atoms with E-state index in [2.05, 4.69) is 16.7 Å². The highest BCUT2D eigenvalue weighted by Gasteiger charge is 2.21. The van der Waals surface area contributed by atoms with Crippen LogP contribution in [0.1, 0.15) is 38.1 Å². The number of sulfonamides is 1. The molecule has 1 heterocycles. The molecule has 0 radical (unpaired) electrons. The minimum Gasteiger partial charge on any atom is -0.280 e. The van der Waals surface area contributed by atoms with Crippen LogP contribution in [0.15, 0.2) is 35.4 Å². The zero-order valence-electron chi connectivity index (χ0n) is 12.8. The zero-order chi connectivity index (χ0) is 15.6. The second-order valence-corrected chi connectivity index (χ2v) is 6.96. The van der Waals surface area contributed by atoms with E-state index in [0.29, 0.717) is 11.4 Å². The molecule has 2 aromatic rings. The molecular weight excluding hydrogens is 286 g/mol. The third-order valence-electron chi connectivity index (χ3n) is 3.30. The van der Waals surface area contributed by atoms with Gasteiger partial charge in [0, 0.05) is 17.9 Å². The van der Waals surface area contributed by atoms with Gasteiger partial charge in [0.05, 0.1) is 5.69 Å². The second kappa shape index (κ2) is 5.89. The maximum atomic E-state index is 12.4. The van der Waals surface area contributed by atoms with Crippen LogP contribution in [0.25, 0.3) is 0 Å². The molecule has 0 atom stereocenters. The summed E-state index contributed by atoms with van der Waals surface area (Å²) in [6, 6.07) is 7.51. The Balaban J connectivity index is 2.29. The van der Waals surface area contributed by atoms with Crippen molar-refractivity contribution in [2.75, 3.05) is 4.72 Å². The molecule has 0 aliphatic heterocycles. The fourth-order valence-electron chi connectivity index (χ4n) is 2.01. The van der Waals surface area contributed by atoms with E-state index in [4.69, 9.17) is 0 Å². The number of anilines is 1. The van der Waals surface area contributed by atoms with Crippen molar-refractivity contribution in [3.63, 3.8) is 0 Å². The van der Waals surface area contributed by atoms with Crippen LogP contribution in [0.2, 0.25) is 0 Å². The first kappa shape index (κ1) is 15.6. The summed E-state index contributed by atoms with van der Waals surface area (Å²) in [5, 5.41) is 4.24. The SMILES string of the molecule is CCc1ccc(NS(=O)(=O)c2cn(C(C)C)nc2C)cc1. The number of aryl methyl sites for hydroxylation is 2. The number of rotatable bonds is 5. The van der Waals surface area contributed by atoms with Crippen LogP contribution in [-0.2, 0) is 16.4 Å². The first-order chi connectivity index (χ1) is 9.83. The molecule has 6 heteroatoms.